The third-order valence-corrected chi connectivity index (χ3v) is 3.50. The van der Waals surface area contributed by atoms with Crippen molar-refractivity contribution in [2.75, 3.05) is 38.1 Å². The van der Waals surface area contributed by atoms with Crippen LogP contribution in [0.25, 0.3) is 11.0 Å². The first-order chi connectivity index (χ1) is 8.78. The van der Waals surface area contributed by atoms with E-state index < -0.39 is 0 Å². The van der Waals surface area contributed by atoms with Gasteiger partial charge in [-0.15, -0.1) is 0 Å². The fourth-order valence-corrected chi connectivity index (χ4v) is 2.37. The molecule has 2 heterocycles. The van der Waals surface area contributed by atoms with Crippen LogP contribution in [-0.2, 0) is 0 Å². The Bertz CT molecular complexity index is 601. The van der Waals surface area contributed by atoms with Crippen molar-refractivity contribution in [3.05, 3.63) is 24.0 Å². The number of likely N-dealkylation sites (N-methyl/N-ethyl adjacent to an activating group) is 1. The Kier molecular flexibility index (Phi) is 2.65. The van der Waals surface area contributed by atoms with E-state index in [2.05, 4.69) is 32.9 Å². The molecule has 1 aromatic carbocycles. The maximum absolute atomic E-state index is 9.27. The smallest absolute Gasteiger partial charge is 0.101 e. The molecule has 1 aliphatic heterocycles. The van der Waals surface area contributed by atoms with E-state index >= 15 is 0 Å². The number of fused-ring (bicyclic) bond motifs is 1. The van der Waals surface area contributed by atoms with Crippen LogP contribution < -0.4 is 4.90 Å². The Morgan fingerprint density at radius 2 is 2.06 bits per heavy atom. The number of hydrogen-bond donors (Lipinski definition) is 1. The predicted molar refractivity (Wildman–Crippen MR) is 70.5 cm³/mol. The number of nitrogens with one attached hydrogen (secondary N) is 1. The van der Waals surface area contributed by atoms with E-state index in [0.717, 1.165) is 42.9 Å². The lowest BCUT2D eigenvalue weighted by molar-refractivity contribution is 0.313. The summed E-state index contributed by atoms with van der Waals surface area (Å²) in [4.78, 5) is 11.9. The maximum atomic E-state index is 9.27. The van der Waals surface area contributed by atoms with Crippen molar-refractivity contribution in [2.24, 2.45) is 0 Å². The summed E-state index contributed by atoms with van der Waals surface area (Å²) in [5.74, 6) is 0. The van der Waals surface area contributed by atoms with Crippen LogP contribution in [0.2, 0.25) is 0 Å². The molecule has 0 bridgehead atoms. The zero-order valence-corrected chi connectivity index (χ0v) is 10.3. The molecule has 1 N–H and O–H groups in total. The topological polar surface area (TPSA) is 58.9 Å². The summed E-state index contributed by atoms with van der Waals surface area (Å²) in [6.45, 7) is 3.99. The van der Waals surface area contributed by atoms with Gasteiger partial charge in [-0.3, -0.25) is 0 Å². The van der Waals surface area contributed by atoms with Crippen molar-refractivity contribution in [1.82, 2.24) is 14.9 Å². The van der Waals surface area contributed by atoms with Gasteiger partial charge in [-0.2, -0.15) is 5.26 Å². The van der Waals surface area contributed by atoms with E-state index in [1.165, 1.54) is 0 Å². The minimum Gasteiger partial charge on any atom is -0.368 e. The molecule has 0 radical (unpaired) electrons. The van der Waals surface area contributed by atoms with Crippen LogP contribution in [0, 0.1) is 11.3 Å². The predicted octanol–water partition coefficient (Wildman–Crippen LogP) is 1.19. The summed E-state index contributed by atoms with van der Waals surface area (Å²) in [7, 11) is 2.13. The molecule has 0 amide bonds. The van der Waals surface area contributed by atoms with Crippen molar-refractivity contribution in [1.29, 1.82) is 5.26 Å². The van der Waals surface area contributed by atoms with Gasteiger partial charge in [0.25, 0.3) is 0 Å². The highest BCUT2D eigenvalue weighted by Crippen LogP contribution is 2.25. The lowest BCUT2D eigenvalue weighted by Crippen LogP contribution is -2.44. The highest BCUT2D eigenvalue weighted by Gasteiger charge is 2.18. The van der Waals surface area contributed by atoms with E-state index in [1.54, 1.807) is 6.33 Å². The van der Waals surface area contributed by atoms with E-state index in [9.17, 15) is 5.26 Å². The number of hydrogen-bond acceptors (Lipinski definition) is 4. The monoisotopic (exact) mass is 241 g/mol. The third-order valence-electron chi connectivity index (χ3n) is 3.50. The van der Waals surface area contributed by atoms with Crippen LogP contribution in [0.5, 0.6) is 0 Å². The first-order valence-corrected chi connectivity index (χ1v) is 6.08. The van der Waals surface area contributed by atoms with Crippen molar-refractivity contribution in [3.63, 3.8) is 0 Å². The summed E-state index contributed by atoms with van der Waals surface area (Å²) in [6, 6.07) is 6.17. The second-order valence-corrected chi connectivity index (χ2v) is 4.69. The number of H-pyrrole nitrogens is 1. The zero-order chi connectivity index (χ0) is 12.5. The van der Waals surface area contributed by atoms with Gasteiger partial charge in [0.05, 0.1) is 28.6 Å². The lowest BCUT2D eigenvalue weighted by atomic mass is 10.1. The Morgan fingerprint density at radius 3 is 2.78 bits per heavy atom. The summed E-state index contributed by atoms with van der Waals surface area (Å²) in [5.41, 5.74) is 3.56. The van der Waals surface area contributed by atoms with Crippen LogP contribution in [0.4, 0.5) is 5.69 Å². The molecular formula is C13H15N5. The SMILES string of the molecule is CN1CCN(c2cc3[nH]cnc3cc2C#N)CC1. The van der Waals surface area contributed by atoms with Crippen LogP contribution in [0.1, 0.15) is 5.56 Å². The van der Waals surface area contributed by atoms with Crippen molar-refractivity contribution < 1.29 is 0 Å². The Morgan fingerprint density at radius 1 is 1.28 bits per heavy atom. The van der Waals surface area contributed by atoms with Gasteiger partial charge >= 0.3 is 0 Å². The number of aromatic nitrogens is 2. The molecular weight excluding hydrogens is 226 g/mol. The van der Waals surface area contributed by atoms with Gasteiger partial charge < -0.3 is 14.8 Å². The summed E-state index contributed by atoms with van der Waals surface area (Å²) >= 11 is 0. The summed E-state index contributed by atoms with van der Waals surface area (Å²) < 4.78 is 0. The molecule has 3 rings (SSSR count). The van der Waals surface area contributed by atoms with Crippen LogP contribution >= 0.6 is 0 Å². The minimum atomic E-state index is 0.708. The van der Waals surface area contributed by atoms with Gasteiger partial charge in [-0.1, -0.05) is 0 Å². The number of aromatic amines is 1. The summed E-state index contributed by atoms with van der Waals surface area (Å²) in [5, 5.41) is 9.27. The minimum absolute atomic E-state index is 0.708. The van der Waals surface area contributed by atoms with Crippen molar-refractivity contribution >= 4 is 16.7 Å². The van der Waals surface area contributed by atoms with Crippen LogP contribution in [0.3, 0.4) is 0 Å². The standard InChI is InChI=1S/C13H15N5/c1-17-2-4-18(5-3-17)13-7-12-11(15-9-16-12)6-10(13)8-14/h6-7,9H,2-5H2,1H3,(H,15,16). The molecule has 0 spiro atoms. The molecule has 0 aliphatic carbocycles. The number of nitrogens with zero attached hydrogens (tertiary/aromatic N) is 4. The van der Waals surface area contributed by atoms with Gasteiger partial charge in [-0.25, -0.2) is 4.98 Å². The number of piperazine rings is 1. The molecule has 1 saturated heterocycles. The Labute approximate surface area is 106 Å². The van der Waals surface area contributed by atoms with E-state index in [4.69, 9.17) is 0 Å². The largest absolute Gasteiger partial charge is 0.368 e. The fourth-order valence-electron chi connectivity index (χ4n) is 2.37. The first kappa shape index (κ1) is 11.1. The van der Waals surface area contributed by atoms with Gasteiger partial charge in [0, 0.05) is 26.2 Å². The fraction of sp³-hybridized carbons (Fsp3) is 0.385. The zero-order valence-electron chi connectivity index (χ0n) is 10.3. The number of anilines is 1. The molecule has 5 nitrogen and oxygen atoms in total. The molecule has 0 atom stereocenters. The molecule has 1 aromatic heterocycles. The van der Waals surface area contributed by atoms with Gasteiger partial charge in [-0.05, 0) is 19.2 Å². The number of imidazole rings is 1. The molecule has 92 valence electrons. The highest BCUT2D eigenvalue weighted by molar-refractivity contribution is 5.83. The van der Waals surface area contributed by atoms with E-state index in [1.807, 2.05) is 12.1 Å². The van der Waals surface area contributed by atoms with Gasteiger partial charge in [0.15, 0.2) is 0 Å². The lowest BCUT2D eigenvalue weighted by Gasteiger charge is -2.34. The molecule has 1 fully saturated rings. The molecule has 0 unspecified atom stereocenters. The maximum Gasteiger partial charge on any atom is 0.101 e. The van der Waals surface area contributed by atoms with E-state index in [-0.39, 0.29) is 0 Å². The number of benzene rings is 1. The quantitative estimate of drug-likeness (QED) is 0.814. The second kappa shape index (κ2) is 4.31. The first-order valence-electron chi connectivity index (χ1n) is 6.08. The number of rotatable bonds is 1. The number of nitriles is 1. The van der Waals surface area contributed by atoms with Crippen molar-refractivity contribution in [2.45, 2.75) is 0 Å². The Balaban J connectivity index is 2.02. The van der Waals surface area contributed by atoms with Gasteiger partial charge in [0.2, 0.25) is 0 Å². The van der Waals surface area contributed by atoms with Gasteiger partial charge in [0.1, 0.15) is 6.07 Å². The summed E-state index contributed by atoms with van der Waals surface area (Å²) in [6.07, 6.45) is 1.67. The molecule has 18 heavy (non-hydrogen) atoms. The van der Waals surface area contributed by atoms with Crippen LogP contribution in [0.15, 0.2) is 18.5 Å². The molecule has 5 heteroatoms. The highest BCUT2D eigenvalue weighted by atomic mass is 15.2. The Hall–Kier alpha value is -2.06. The van der Waals surface area contributed by atoms with E-state index in [0.29, 0.717) is 5.56 Å². The third kappa shape index (κ3) is 1.81. The van der Waals surface area contributed by atoms with Crippen LogP contribution in [-0.4, -0.2) is 48.1 Å². The molecule has 0 saturated carbocycles. The average molecular weight is 241 g/mol. The van der Waals surface area contributed by atoms with Crippen molar-refractivity contribution in [3.8, 4) is 6.07 Å². The second-order valence-electron chi connectivity index (χ2n) is 4.69. The molecule has 1 aliphatic rings. The normalized spacial score (nSPS) is 17.0. The average Bonchev–Trinajstić information content (AvgIpc) is 2.85. The molecule has 2 aromatic rings.